The Bertz CT molecular complexity index is 351. The van der Waals surface area contributed by atoms with Crippen molar-refractivity contribution in [2.45, 2.75) is 52.6 Å². The molecule has 0 spiro atoms. The third-order valence-electron chi connectivity index (χ3n) is 2.76. The third kappa shape index (κ3) is 2.82. The van der Waals surface area contributed by atoms with Gasteiger partial charge in [-0.25, -0.2) is 0 Å². The van der Waals surface area contributed by atoms with E-state index >= 15 is 0 Å². The highest BCUT2D eigenvalue weighted by Gasteiger charge is 2.21. The van der Waals surface area contributed by atoms with Gasteiger partial charge < -0.3 is 5.11 Å². The van der Waals surface area contributed by atoms with Crippen molar-refractivity contribution in [1.29, 1.82) is 0 Å². The van der Waals surface area contributed by atoms with Gasteiger partial charge in [0.2, 0.25) is 0 Å². The van der Waals surface area contributed by atoms with Crippen molar-refractivity contribution in [3.63, 3.8) is 0 Å². The zero-order valence-electron chi connectivity index (χ0n) is 10.7. The Morgan fingerprint density at radius 3 is 1.93 bits per heavy atom. The molecule has 0 aliphatic carbocycles. The molecular formula is C14H22O. The normalized spacial score (nSPS) is 13.0. The van der Waals surface area contributed by atoms with E-state index in [-0.39, 0.29) is 5.41 Å². The molecule has 0 radical (unpaired) electrons. The Labute approximate surface area is 93.1 Å². The minimum atomic E-state index is -0.759. The number of rotatable bonds is 1. The van der Waals surface area contributed by atoms with Gasteiger partial charge in [0.05, 0.1) is 5.60 Å². The standard InChI is InChI=1S/C14H22O/c1-10-7-8-11(13(2,3)4)9-12(10)14(5,6)15/h7-9,15H,1-6H3. The van der Waals surface area contributed by atoms with E-state index in [1.807, 2.05) is 20.8 Å². The second kappa shape index (κ2) is 3.64. The van der Waals surface area contributed by atoms with Crippen LogP contribution in [0.4, 0.5) is 0 Å². The molecule has 0 aliphatic rings. The summed E-state index contributed by atoms with van der Waals surface area (Å²) in [4.78, 5) is 0. The number of aryl methyl sites for hydroxylation is 1. The van der Waals surface area contributed by atoms with E-state index in [0.717, 1.165) is 11.1 Å². The van der Waals surface area contributed by atoms with Crippen LogP contribution >= 0.6 is 0 Å². The van der Waals surface area contributed by atoms with Crippen molar-refractivity contribution in [3.05, 3.63) is 34.9 Å². The summed E-state index contributed by atoms with van der Waals surface area (Å²) in [5.74, 6) is 0. The first-order valence-corrected chi connectivity index (χ1v) is 5.46. The molecule has 15 heavy (non-hydrogen) atoms. The van der Waals surface area contributed by atoms with Crippen LogP contribution in [0.3, 0.4) is 0 Å². The third-order valence-corrected chi connectivity index (χ3v) is 2.76. The second-order valence-electron chi connectivity index (χ2n) is 5.84. The molecule has 0 amide bonds. The molecule has 1 N–H and O–H groups in total. The van der Waals surface area contributed by atoms with Gasteiger partial charge in [-0.1, -0.05) is 39.0 Å². The van der Waals surface area contributed by atoms with Crippen LogP contribution in [0, 0.1) is 6.92 Å². The van der Waals surface area contributed by atoms with Crippen LogP contribution in [0.25, 0.3) is 0 Å². The van der Waals surface area contributed by atoms with Gasteiger partial charge in [-0.3, -0.25) is 0 Å². The first-order valence-electron chi connectivity index (χ1n) is 5.46. The van der Waals surface area contributed by atoms with Gasteiger partial charge in [0.15, 0.2) is 0 Å². The van der Waals surface area contributed by atoms with Gasteiger partial charge in [0.1, 0.15) is 0 Å². The van der Waals surface area contributed by atoms with Gasteiger partial charge in [-0.15, -0.1) is 0 Å². The topological polar surface area (TPSA) is 20.2 Å². The summed E-state index contributed by atoms with van der Waals surface area (Å²) < 4.78 is 0. The summed E-state index contributed by atoms with van der Waals surface area (Å²) >= 11 is 0. The summed E-state index contributed by atoms with van der Waals surface area (Å²) in [6.45, 7) is 12.3. The molecule has 0 saturated heterocycles. The fraction of sp³-hybridized carbons (Fsp3) is 0.571. The molecule has 1 heteroatoms. The summed E-state index contributed by atoms with van der Waals surface area (Å²) in [6, 6.07) is 6.35. The number of aliphatic hydroxyl groups is 1. The smallest absolute Gasteiger partial charge is 0.0843 e. The van der Waals surface area contributed by atoms with Gasteiger partial charge >= 0.3 is 0 Å². The maximum Gasteiger partial charge on any atom is 0.0843 e. The molecule has 0 heterocycles. The van der Waals surface area contributed by atoms with Crippen LogP contribution < -0.4 is 0 Å². The SMILES string of the molecule is Cc1ccc(C(C)(C)C)cc1C(C)(C)O. The quantitative estimate of drug-likeness (QED) is 0.745. The molecule has 0 aliphatic heterocycles. The molecule has 0 bridgehead atoms. The zero-order chi connectivity index (χ0) is 11.9. The van der Waals surface area contributed by atoms with Gasteiger partial charge in [0.25, 0.3) is 0 Å². The van der Waals surface area contributed by atoms with E-state index in [4.69, 9.17) is 0 Å². The lowest BCUT2D eigenvalue weighted by Crippen LogP contribution is -2.19. The molecule has 0 fully saturated rings. The van der Waals surface area contributed by atoms with Crippen LogP contribution in [-0.2, 0) is 11.0 Å². The molecule has 84 valence electrons. The average molecular weight is 206 g/mol. The number of benzene rings is 1. The van der Waals surface area contributed by atoms with E-state index in [2.05, 4.69) is 39.0 Å². The molecule has 0 aromatic heterocycles. The predicted molar refractivity (Wildman–Crippen MR) is 65.1 cm³/mol. The van der Waals surface area contributed by atoms with E-state index in [0.29, 0.717) is 0 Å². The average Bonchev–Trinajstić information content (AvgIpc) is 2.00. The molecule has 1 aromatic rings. The molecule has 1 aromatic carbocycles. The Morgan fingerprint density at radius 2 is 1.53 bits per heavy atom. The molecular weight excluding hydrogens is 184 g/mol. The Morgan fingerprint density at radius 1 is 1.00 bits per heavy atom. The highest BCUT2D eigenvalue weighted by molar-refractivity contribution is 5.37. The van der Waals surface area contributed by atoms with Crippen molar-refractivity contribution < 1.29 is 5.11 Å². The van der Waals surface area contributed by atoms with Crippen molar-refractivity contribution >= 4 is 0 Å². The van der Waals surface area contributed by atoms with Crippen LogP contribution in [-0.4, -0.2) is 5.11 Å². The molecule has 0 atom stereocenters. The van der Waals surface area contributed by atoms with Crippen LogP contribution in [0.1, 0.15) is 51.3 Å². The molecule has 1 nitrogen and oxygen atoms in total. The monoisotopic (exact) mass is 206 g/mol. The van der Waals surface area contributed by atoms with Crippen LogP contribution in [0.15, 0.2) is 18.2 Å². The Kier molecular flexibility index (Phi) is 2.97. The van der Waals surface area contributed by atoms with Crippen molar-refractivity contribution in [1.82, 2.24) is 0 Å². The van der Waals surface area contributed by atoms with Gasteiger partial charge in [-0.2, -0.15) is 0 Å². The number of hydrogen-bond donors (Lipinski definition) is 1. The lowest BCUT2D eigenvalue weighted by atomic mass is 9.82. The maximum absolute atomic E-state index is 10.1. The van der Waals surface area contributed by atoms with E-state index in [9.17, 15) is 5.11 Å². The van der Waals surface area contributed by atoms with E-state index < -0.39 is 5.60 Å². The fourth-order valence-electron chi connectivity index (χ4n) is 1.75. The summed E-state index contributed by atoms with van der Waals surface area (Å²) in [7, 11) is 0. The predicted octanol–water partition coefficient (Wildman–Crippen LogP) is 3.52. The minimum Gasteiger partial charge on any atom is -0.386 e. The Hall–Kier alpha value is -0.820. The van der Waals surface area contributed by atoms with E-state index in [1.54, 1.807) is 0 Å². The highest BCUT2D eigenvalue weighted by Crippen LogP contribution is 2.29. The highest BCUT2D eigenvalue weighted by atomic mass is 16.3. The largest absolute Gasteiger partial charge is 0.386 e. The van der Waals surface area contributed by atoms with Gasteiger partial charge in [-0.05, 0) is 42.9 Å². The lowest BCUT2D eigenvalue weighted by molar-refractivity contribution is 0.0778. The molecule has 0 saturated carbocycles. The fourth-order valence-corrected chi connectivity index (χ4v) is 1.75. The second-order valence-corrected chi connectivity index (χ2v) is 5.84. The van der Waals surface area contributed by atoms with E-state index in [1.165, 1.54) is 5.56 Å². The van der Waals surface area contributed by atoms with Crippen molar-refractivity contribution in [2.75, 3.05) is 0 Å². The maximum atomic E-state index is 10.1. The van der Waals surface area contributed by atoms with Crippen molar-refractivity contribution in [2.24, 2.45) is 0 Å². The molecule has 1 rings (SSSR count). The lowest BCUT2D eigenvalue weighted by Gasteiger charge is -2.25. The first kappa shape index (κ1) is 12.3. The zero-order valence-corrected chi connectivity index (χ0v) is 10.7. The Balaban J connectivity index is 3.30. The molecule has 0 unspecified atom stereocenters. The van der Waals surface area contributed by atoms with Crippen molar-refractivity contribution in [3.8, 4) is 0 Å². The van der Waals surface area contributed by atoms with Crippen LogP contribution in [0.2, 0.25) is 0 Å². The first-order chi connectivity index (χ1) is 6.62. The minimum absolute atomic E-state index is 0.133. The summed E-state index contributed by atoms with van der Waals surface area (Å²) in [5, 5.41) is 10.1. The summed E-state index contributed by atoms with van der Waals surface area (Å²) in [5.41, 5.74) is 2.81. The van der Waals surface area contributed by atoms with Gasteiger partial charge in [0, 0.05) is 0 Å². The van der Waals surface area contributed by atoms with Crippen LogP contribution in [0.5, 0.6) is 0 Å². The summed E-state index contributed by atoms with van der Waals surface area (Å²) in [6.07, 6.45) is 0. The number of hydrogen-bond acceptors (Lipinski definition) is 1.